The largest absolute Gasteiger partial charge is 0.414 e. The lowest BCUT2D eigenvalue weighted by molar-refractivity contribution is -0.222. The van der Waals surface area contributed by atoms with E-state index in [1.165, 1.54) is 4.90 Å². The van der Waals surface area contributed by atoms with Gasteiger partial charge < -0.3 is 10.0 Å². The van der Waals surface area contributed by atoms with Crippen molar-refractivity contribution in [1.29, 1.82) is 5.26 Å². The summed E-state index contributed by atoms with van der Waals surface area (Å²) in [5, 5.41) is 17.4. The van der Waals surface area contributed by atoms with Crippen LogP contribution in [0.25, 0.3) is 0 Å². The summed E-state index contributed by atoms with van der Waals surface area (Å²) in [6.07, 6.45) is -4.48. The van der Waals surface area contributed by atoms with Crippen LogP contribution in [0.3, 0.4) is 0 Å². The van der Waals surface area contributed by atoms with E-state index in [1.54, 1.807) is 0 Å². The molecule has 0 aromatic rings. The topological polar surface area (TPSA) is 47.3 Å². The highest BCUT2D eigenvalue weighted by Gasteiger charge is 2.44. The van der Waals surface area contributed by atoms with Crippen molar-refractivity contribution in [1.82, 2.24) is 4.90 Å². The van der Waals surface area contributed by atoms with Gasteiger partial charge in [-0.2, -0.15) is 18.4 Å². The summed E-state index contributed by atoms with van der Waals surface area (Å²) in [6, 6.07) is 0. The standard InChI is InChI=1S/C8H11F3N2O/c9-8(10,11)7(14)6-1-3-13(5-12)4-2-6/h6-7,14H,1-4H2. The minimum Gasteiger partial charge on any atom is -0.383 e. The summed E-state index contributed by atoms with van der Waals surface area (Å²) < 4.78 is 36.3. The van der Waals surface area contributed by atoms with Crippen molar-refractivity contribution in [3.05, 3.63) is 0 Å². The summed E-state index contributed by atoms with van der Waals surface area (Å²) in [4.78, 5) is 1.40. The molecule has 0 spiro atoms. The molecular weight excluding hydrogens is 197 g/mol. The second-order valence-electron chi connectivity index (χ2n) is 3.41. The van der Waals surface area contributed by atoms with Crippen molar-refractivity contribution in [2.45, 2.75) is 25.1 Å². The number of halogens is 3. The molecule has 0 aromatic heterocycles. The molecule has 1 saturated heterocycles. The molecule has 14 heavy (non-hydrogen) atoms. The fourth-order valence-corrected chi connectivity index (χ4v) is 1.58. The van der Waals surface area contributed by atoms with Gasteiger partial charge in [0, 0.05) is 13.1 Å². The highest BCUT2D eigenvalue weighted by atomic mass is 19.4. The molecule has 1 aliphatic heterocycles. The monoisotopic (exact) mass is 208 g/mol. The van der Waals surface area contributed by atoms with Gasteiger partial charge in [0.1, 0.15) is 0 Å². The molecule has 0 aliphatic carbocycles. The van der Waals surface area contributed by atoms with Crippen LogP contribution in [0, 0.1) is 17.4 Å². The second kappa shape index (κ2) is 4.05. The molecule has 0 amide bonds. The quantitative estimate of drug-likeness (QED) is 0.656. The number of alkyl halides is 3. The van der Waals surface area contributed by atoms with E-state index in [0.29, 0.717) is 13.1 Å². The van der Waals surface area contributed by atoms with Crippen molar-refractivity contribution in [3.63, 3.8) is 0 Å². The van der Waals surface area contributed by atoms with Crippen LogP contribution in [0.2, 0.25) is 0 Å². The van der Waals surface area contributed by atoms with Crippen molar-refractivity contribution < 1.29 is 18.3 Å². The first kappa shape index (κ1) is 11.1. The molecule has 1 heterocycles. The van der Waals surface area contributed by atoms with E-state index in [9.17, 15) is 13.2 Å². The Hall–Kier alpha value is -0.960. The van der Waals surface area contributed by atoms with Gasteiger partial charge in [0.2, 0.25) is 0 Å². The molecule has 0 saturated carbocycles. The Labute approximate surface area is 79.7 Å². The number of nitrogens with zero attached hydrogens (tertiary/aromatic N) is 2. The van der Waals surface area contributed by atoms with E-state index in [0.717, 1.165) is 0 Å². The van der Waals surface area contributed by atoms with E-state index >= 15 is 0 Å². The third-order valence-electron chi connectivity index (χ3n) is 2.46. The van der Waals surface area contributed by atoms with Gasteiger partial charge in [0.05, 0.1) is 0 Å². The van der Waals surface area contributed by atoms with Crippen molar-refractivity contribution in [3.8, 4) is 6.19 Å². The molecule has 1 aliphatic rings. The Morgan fingerprint density at radius 3 is 2.21 bits per heavy atom. The van der Waals surface area contributed by atoms with Crippen LogP contribution in [0.5, 0.6) is 0 Å². The number of hydrogen-bond donors (Lipinski definition) is 1. The Morgan fingerprint density at radius 1 is 1.36 bits per heavy atom. The van der Waals surface area contributed by atoms with Gasteiger partial charge in [-0.15, -0.1) is 0 Å². The van der Waals surface area contributed by atoms with Gasteiger partial charge >= 0.3 is 6.18 Å². The van der Waals surface area contributed by atoms with Crippen molar-refractivity contribution >= 4 is 0 Å². The smallest absolute Gasteiger partial charge is 0.383 e. The minimum absolute atomic E-state index is 0.217. The molecule has 6 heteroatoms. The maximum atomic E-state index is 12.1. The summed E-state index contributed by atoms with van der Waals surface area (Å²) in [6.45, 7) is 0.600. The van der Waals surface area contributed by atoms with Crippen LogP contribution in [-0.2, 0) is 0 Å². The van der Waals surface area contributed by atoms with Gasteiger partial charge in [-0.25, -0.2) is 0 Å². The van der Waals surface area contributed by atoms with Gasteiger partial charge in [-0.1, -0.05) is 0 Å². The molecular formula is C8H11F3N2O. The molecule has 3 nitrogen and oxygen atoms in total. The zero-order valence-corrected chi connectivity index (χ0v) is 7.46. The Kier molecular flexibility index (Phi) is 3.21. The van der Waals surface area contributed by atoms with Crippen LogP contribution in [0.4, 0.5) is 13.2 Å². The first-order chi connectivity index (χ1) is 6.45. The maximum Gasteiger partial charge on any atom is 0.414 e. The Bertz CT molecular complexity index is 228. The van der Waals surface area contributed by atoms with E-state index in [4.69, 9.17) is 10.4 Å². The molecule has 1 atom stereocenters. The first-order valence-corrected chi connectivity index (χ1v) is 4.34. The maximum absolute atomic E-state index is 12.1. The second-order valence-corrected chi connectivity index (χ2v) is 3.41. The lowest BCUT2D eigenvalue weighted by Gasteiger charge is -2.31. The van der Waals surface area contributed by atoms with E-state index in [1.807, 2.05) is 6.19 Å². The zero-order valence-electron chi connectivity index (χ0n) is 7.46. The number of hydrogen-bond acceptors (Lipinski definition) is 3. The fraction of sp³-hybridized carbons (Fsp3) is 0.875. The van der Waals surface area contributed by atoms with Crippen LogP contribution in [0.1, 0.15) is 12.8 Å². The van der Waals surface area contributed by atoms with Crippen LogP contribution >= 0.6 is 0 Å². The third-order valence-corrected chi connectivity index (χ3v) is 2.46. The van der Waals surface area contributed by atoms with Crippen LogP contribution in [0.15, 0.2) is 0 Å². The summed E-state index contributed by atoms with van der Waals surface area (Å²) in [5.41, 5.74) is 0. The lowest BCUT2D eigenvalue weighted by atomic mass is 9.91. The Morgan fingerprint density at radius 2 is 1.86 bits per heavy atom. The van der Waals surface area contributed by atoms with E-state index in [2.05, 4.69) is 0 Å². The van der Waals surface area contributed by atoms with E-state index in [-0.39, 0.29) is 12.8 Å². The summed E-state index contributed by atoms with van der Waals surface area (Å²) in [7, 11) is 0. The highest BCUT2D eigenvalue weighted by Crippen LogP contribution is 2.31. The predicted molar refractivity (Wildman–Crippen MR) is 42.0 cm³/mol. The zero-order chi connectivity index (χ0) is 10.8. The molecule has 0 bridgehead atoms. The van der Waals surface area contributed by atoms with Gasteiger partial charge in [-0.05, 0) is 18.8 Å². The first-order valence-electron chi connectivity index (χ1n) is 4.34. The average molecular weight is 208 g/mol. The molecule has 1 rings (SSSR count). The molecule has 1 fully saturated rings. The van der Waals surface area contributed by atoms with Crippen molar-refractivity contribution in [2.24, 2.45) is 5.92 Å². The molecule has 80 valence electrons. The van der Waals surface area contributed by atoms with Gasteiger partial charge in [0.15, 0.2) is 12.3 Å². The fourth-order valence-electron chi connectivity index (χ4n) is 1.58. The number of nitriles is 1. The SMILES string of the molecule is N#CN1CCC(C(O)C(F)(F)F)CC1. The summed E-state index contributed by atoms with van der Waals surface area (Å²) in [5.74, 6) is -0.764. The normalized spacial score (nSPS) is 21.8. The van der Waals surface area contributed by atoms with Crippen LogP contribution in [-0.4, -0.2) is 35.4 Å². The predicted octanol–water partition coefficient (Wildman–Crippen LogP) is 1.10. The molecule has 1 unspecified atom stereocenters. The minimum atomic E-state index is -4.54. The number of rotatable bonds is 1. The number of aliphatic hydroxyl groups excluding tert-OH is 1. The van der Waals surface area contributed by atoms with Crippen LogP contribution < -0.4 is 0 Å². The molecule has 0 aromatic carbocycles. The number of likely N-dealkylation sites (tertiary alicyclic amines) is 1. The molecule has 1 N–H and O–H groups in total. The number of piperidine rings is 1. The average Bonchev–Trinajstić information content (AvgIpc) is 2.15. The van der Waals surface area contributed by atoms with Crippen molar-refractivity contribution in [2.75, 3.05) is 13.1 Å². The summed E-state index contributed by atoms with van der Waals surface area (Å²) >= 11 is 0. The highest BCUT2D eigenvalue weighted by molar-refractivity contribution is 4.85. The van der Waals surface area contributed by atoms with Gasteiger partial charge in [0.25, 0.3) is 0 Å². The third kappa shape index (κ3) is 2.51. The Balaban J connectivity index is 2.46. The van der Waals surface area contributed by atoms with E-state index < -0.39 is 18.2 Å². The lowest BCUT2D eigenvalue weighted by Crippen LogP contribution is -2.42. The van der Waals surface area contributed by atoms with Gasteiger partial charge in [-0.3, -0.25) is 0 Å². The molecule has 0 radical (unpaired) electrons. The number of aliphatic hydroxyl groups is 1.